The van der Waals surface area contributed by atoms with Gasteiger partial charge >= 0.3 is 5.97 Å². The highest BCUT2D eigenvalue weighted by molar-refractivity contribution is 9.10. The largest absolute Gasteiger partial charge is 0.493 e. The van der Waals surface area contributed by atoms with Crippen molar-refractivity contribution < 1.29 is 24.2 Å². The van der Waals surface area contributed by atoms with Crippen LogP contribution in [-0.4, -0.2) is 31.1 Å². The van der Waals surface area contributed by atoms with E-state index in [0.717, 1.165) is 0 Å². The summed E-state index contributed by atoms with van der Waals surface area (Å²) >= 11 is 3.24. The quantitative estimate of drug-likeness (QED) is 0.680. The molecule has 0 saturated heterocycles. The Morgan fingerprint density at radius 2 is 1.88 bits per heavy atom. The van der Waals surface area contributed by atoms with Gasteiger partial charge in [-0.05, 0) is 18.6 Å². The molecule has 0 aliphatic rings. The second-order valence-electron chi connectivity index (χ2n) is 3.23. The normalized spacial score (nSPS) is 9.88. The van der Waals surface area contributed by atoms with Crippen LogP contribution in [0.3, 0.4) is 0 Å². The maximum atomic E-state index is 11.6. The minimum atomic E-state index is -1.54. The van der Waals surface area contributed by atoms with Crippen LogP contribution < -0.4 is 9.47 Å². The predicted molar refractivity (Wildman–Crippen MR) is 63.9 cm³/mol. The van der Waals surface area contributed by atoms with E-state index < -0.39 is 11.8 Å². The molecule has 17 heavy (non-hydrogen) atoms. The summed E-state index contributed by atoms with van der Waals surface area (Å²) in [7, 11) is 2.76. The van der Waals surface area contributed by atoms with Gasteiger partial charge < -0.3 is 14.6 Å². The molecule has 0 spiro atoms. The Bertz CT molecular complexity index is 481. The van der Waals surface area contributed by atoms with Gasteiger partial charge in [0.15, 0.2) is 11.5 Å². The standard InChI is InChI=1S/C11H11BrO5/c1-5-6(12)4-7(16-2)10(17-3)8(5)9(13)11(14)15/h4H,1-3H3,(H,14,15). The number of aliphatic carboxylic acids is 1. The van der Waals surface area contributed by atoms with E-state index in [4.69, 9.17) is 14.6 Å². The third kappa shape index (κ3) is 2.41. The van der Waals surface area contributed by atoms with Crippen molar-refractivity contribution >= 4 is 27.7 Å². The van der Waals surface area contributed by atoms with E-state index in [1.165, 1.54) is 14.2 Å². The topological polar surface area (TPSA) is 72.8 Å². The molecule has 0 atom stereocenters. The van der Waals surface area contributed by atoms with E-state index in [2.05, 4.69) is 15.9 Å². The average molecular weight is 303 g/mol. The molecule has 0 unspecified atom stereocenters. The molecule has 0 amide bonds. The van der Waals surface area contributed by atoms with Crippen LogP contribution >= 0.6 is 15.9 Å². The maximum Gasteiger partial charge on any atom is 0.377 e. The lowest BCUT2D eigenvalue weighted by Crippen LogP contribution is -2.16. The molecular formula is C11H11BrO5. The number of rotatable bonds is 4. The van der Waals surface area contributed by atoms with Gasteiger partial charge in [0.1, 0.15) is 0 Å². The first-order valence-corrected chi connectivity index (χ1v) is 5.42. The maximum absolute atomic E-state index is 11.6. The monoisotopic (exact) mass is 302 g/mol. The molecule has 92 valence electrons. The zero-order valence-electron chi connectivity index (χ0n) is 9.54. The number of halogens is 1. The highest BCUT2D eigenvalue weighted by Crippen LogP contribution is 2.38. The van der Waals surface area contributed by atoms with Gasteiger partial charge in [0.25, 0.3) is 5.78 Å². The molecule has 0 saturated carbocycles. The first-order valence-electron chi connectivity index (χ1n) is 4.62. The zero-order valence-corrected chi connectivity index (χ0v) is 11.1. The third-order valence-electron chi connectivity index (χ3n) is 2.29. The summed E-state index contributed by atoms with van der Waals surface area (Å²) in [5.41, 5.74) is 0.487. The first-order chi connectivity index (χ1) is 7.93. The van der Waals surface area contributed by atoms with E-state index in [-0.39, 0.29) is 11.3 Å². The van der Waals surface area contributed by atoms with Crippen molar-refractivity contribution in [1.82, 2.24) is 0 Å². The number of carboxylic acids is 1. The molecule has 0 aromatic heterocycles. The van der Waals surface area contributed by atoms with Crippen LogP contribution in [0.15, 0.2) is 10.5 Å². The van der Waals surface area contributed by atoms with Crippen molar-refractivity contribution in [3.05, 3.63) is 21.7 Å². The third-order valence-corrected chi connectivity index (χ3v) is 3.11. The molecule has 1 aromatic rings. The lowest BCUT2D eigenvalue weighted by molar-refractivity contribution is -0.131. The molecule has 0 aliphatic heterocycles. The Balaban J connectivity index is 3.60. The van der Waals surface area contributed by atoms with Crippen LogP contribution in [0.25, 0.3) is 0 Å². The van der Waals surface area contributed by atoms with E-state index >= 15 is 0 Å². The fourth-order valence-electron chi connectivity index (χ4n) is 1.44. The summed E-state index contributed by atoms with van der Waals surface area (Å²) in [6, 6.07) is 1.62. The molecule has 0 bridgehead atoms. The number of benzene rings is 1. The van der Waals surface area contributed by atoms with Crippen molar-refractivity contribution in [2.45, 2.75) is 6.92 Å². The molecule has 0 heterocycles. The number of carboxylic acid groups (broad SMARTS) is 1. The Hall–Kier alpha value is -1.56. The SMILES string of the molecule is COc1cc(Br)c(C)c(C(=O)C(=O)O)c1OC. The van der Waals surface area contributed by atoms with Crippen molar-refractivity contribution in [2.75, 3.05) is 14.2 Å². The minimum Gasteiger partial charge on any atom is -0.493 e. The Labute approximate surface area is 106 Å². The van der Waals surface area contributed by atoms with Crippen LogP contribution in [0.2, 0.25) is 0 Å². The van der Waals surface area contributed by atoms with Crippen molar-refractivity contribution in [3.8, 4) is 11.5 Å². The minimum absolute atomic E-state index is 0.00812. The van der Waals surface area contributed by atoms with E-state index in [1.54, 1.807) is 13.0 Å². The number of hydrogen-bond acceptors (Lipinski definition) is 4. The van der Waals surface area contributed by atoms with Crippen LogP contribution in [-0.2, 0) is 4.79 Å². The molecule has 1 aromatic carbocycles. The van der Waals surface area contributed by atoms with Gasteiger partial charge in [-0.3, -0.25) is 4.79 Å². The molecule has 0 radical (unpaired) electrons. The van der Waals surface area contributed by atoms with Gasteiger partial charge in [0.2, 0.25) is 0 Å². The number of methoxy groups -OCH3 is 2. The van der Waals surface area contributed by atoms with Gasteiger partial charge in [-0.15, -0.1) is 0 Å². The Morgan fingerprint density at radius 3 is 2.29 bits per heavy atom. The second kappa shape index (κ2) is 5.18. The molecular weight excluding hydrogens is 292 g/mol. The lowest BCUT2D eigenvalue weighted by Gasteiger charge is -2.14. The van der Waals surface area contributed by atoms with Crippen LogP contribution in [0.5, 0.6) is 11.5 Å². The summed E-state index contributed by atoms with van der Waals surface area (Å²) in [6.45, 7) is 1.63. The fraction of sp³-hybridized carbons (Fsp3) is 0.273. The fourth-order valence-corrected chi connectivity index (χ4v) is 1.84. The van der Waals surface area contributed by atoms with E-state index in [0.29, 0.717) is 15.8 Å². The number of ether oxygens (including phenoxy) is 2. The number of carbonyl (C=O) groups excluding carboxylic acids is 1. The first kappa shape index (κ1) is 13.5. The number of Topliss-reactive ketones (excluding diaryl/α,β-unsaturated/α-hetero) is 1. The zero-order chi connectivity index (χ0) is 13.2. The number of hydrogen-bond donors (Lipinski definition) is 1. The molecule has 0 aliphatic carbocycles. The second-order valence-corrected chi connectivity index (χ2v) is 4.08. The van der Waals surface area contributed by atoms with Crippen LogP contribution in [0, 0.1) is 6.92 Å². The lowest BCUT2D eigenvalue weighted by atomic mass is 10.0. The van der Waals surface area contributed by atoms with Gasteiger partial charge in [-0.25, -0.2) is 4.79 Å². The van der Waals surface area contributed by atoms with Crippen molar-refractivity contribution in [2.24, 2.45) is 0 Å². The molecule has 1 rings (SSSR count). The molecule has 5 nitrogen and oxygen atoms in total. The van der Waals surface area contributed by atoms with E-state index in [9.17, 15) is 9.59 Å². The summed E-state index contributed by atoms with van der Waals surface area (Å²) in [6.07, 6.45) is 0. The van der Waals surface area contributed by atoms with Crippen LogP contribution in [0.4, 0.5) is 0 Å². The Morgan fingerprint density at radius 1 is 1.29 bits per heavy atom. The predicted octanol–water partition coefficient (Wildman–Crippen LogP) is 2.04. The summed E-state index contributed by atoms with van der Waals surface area (Å²) < 4.78 is 10.7. The van der Waals surface area contributed by atoms with Gasteiger partial charge in [-0.2, -0.15) is 0 Å². The van der Waals surface area contributed by atoms with Crippen molar-refractivity contribution in [3.63, 3.8) is 0 Å². The number of carbonyl (C=O) groups is 2. The highest BCUT2D eigenvalue weighted by Gasteiger charge is 2.26. The molecule has 1 N–H and O–H groups in total. The van der Waals surface area contributed by atoms with Crippen molar-refractivity contribution in [1.29, 1.82) is 0 Å². The summed E-state index contributed by atoms with van der Waals surface area (Å²) in [4.78, 5) is 22.4. The summed E-state index contributed by atoms with van der Waals surface area (Å²) in [5.74, 6) is -2.14. The molecule has 6 heteroatoms. The van der Waals surface area contributed by atoms with Crippen LogP contribution in [0.1, 0.15) is 15.9 Å². The van der Waals surface area contributed by atoms with Gasteiger partial charge in [0.05, 0.1) is 19.8 Å². The average Bonchev–Trinajstić information content (AvgIpc) is 2.30. The number of ketones is 1. The van der Waals surface area contributed by atoms with Gasteiger partial charge in [0, 0.05) is 4.47 Å². The van der Waals surface area contributed by atoms with E-state index in [1.807, 2.05) is 0 Å². The smallest absolute Gasteiger partial charge is 0.377 e. The highest BCUT2D eigenvalue weighted by atomic mass is 79.9. The van der Waals surface area contributed by atoms with Gasteiger partial charge in [-0.1, -0.05) is 15.9 Å². The Kier molecular flexibility index (Phi) is 4.11. The summed E-state index contributed by atoms with van der Waals surface area (Å²) in [5, 5.41) is 8.77. The molecule has 0 fully saturated rings.